The van der Waals surface area contributed by atoms with E-state index in [1.807, 2.05) is 0 Å². The zero-order chi connectivity index (χ0) is 14.2. The highest BCUT2D eigenvalue weighted by molar-refractivity contribution is 5.95. The van der Waals surface area contributed by atoms with Crippen LogP contribution in [0.15, 0.2) is 18.2 Å². The lowest BCUT2D eigenvalue weighted by Gasteiger charge is -2.23. The molecule has 0 radical (unpaired) electrons. The Hall–Kier alpha value is -1.92. The number of rotatable bonds is 3. The molecule has 0 bridgehead atoms. The van der Waals surface area contributed by atoms with Crippen molar-refractivity contribution < 1.29 is 23.1 Å². The summed E-state index contributed by atoms with van der Waals surface area (Å²) in [5.41, 5.74) is 5.46. The van der Waals surface area contributed by atoms with Crippen molar-refractivity contribution in [3.63, 3.8) is 0 Å². The van der Waals surface area contributed by atoms with E-state index in [0.717, 1.165) is 11.0 Å². The molecule has 1 saturated carbocycles. The summed E-state index contributed by atoms with van der Waals surface area (Å²) >= 11 is 0. The van der Waals surface area contributed by atoms with Gasteiger partial charge in [0, 0.05) is 11.6 Å². The molecule has 0 heterocycles. The lowest BCUT2D eigenvalue weighted by atomic mass is 10.1. The Bertz CT molecular complexity index is 498. The smallest absolute Gasteiger partial charge is 0.406 e. The fraction of sp³-hybridized carbons (Fsp3) is 0.417. The average Bonchev–Trinajstić information content (AvgIpc) is 3.11. The molecule has 7 heteroatoms. The molecule has 1 amide bonds. The van der Waals surface area contributed by atoms with Gasteiger partial charge in [0.15, 0.2) is 0 Å². The third kappa shape index (κ3) is 3.30. The normalized spacial score (nSPS) is 15.3. The highest BCUT2D eigenvalue weighted by Gasteiger charge is 2.40. The summed E-state index contributed by atoms with van der Waals surface area (Å²) < 4.78 is 37.4. The van der Waals surface area contributed by atoms with Crippen LogP contribution < -0.4 is 5.73 Å². The van der Waals surface area contributed by atoms with Crippen molar-refractivity contribution in [3.05, 3.63) is 23.8 Å². The number of hydrogen-bond acceptors (Lipinski definition) is 3. The molecule has 4 nitrogen and oxygen atoms in total. The van der Waals surface area contributed by atoms with Crippen molar-refractivity contribution in [2.75, 3.05) is 12.3 Å². The molecule has 0 aromatic heterocycles. The third-order valence-corrected chi connectivity index (χ3v) is 2.88. The molecule has 1 aliphatic rings. The quantitative estimate of drug-likeness (QED) is 0.655. The summed E-state index contributed by atoms with van der Waals surface area (Å²) in [7, 11) is 0. The Morgan fingerprint density at radius 3 is 2.53 bits per heavy atom. The van der Waals surface area contributed by atoms with Crippen LogP contribution in [0.1, 0.15) is 23.2 Å². The number of nitrogens with zero attached hydrogens (tertiary/aromatic N) is 1. The van der Waals surface area contributed by atoms with Crippen molar-refractivity contribution in [2.24, 2.45) is 0 Å². The minimum absolute atomic E-state index is 0.00264. The van der Waals surface area contributed by atoms with Gasteiger partial charge < -0.3 is 15.7 Å². The van der Waals surface area contributed by atoms with E-state index in [1.54, 1.807) is 0 Å². The standard InChI is InChI=1S/C12H13F3N2O2/c13-12(14,15)6-17(8-2-3-8)11(19)7-1-4-9(16)10(18)5-7/h1,4-5,8,18H,2-3,6,16H2. The predicted molar refractivity (Wildman–Crippen MR) is 62.6 cm³/mol. The molecule has 1 fully saturated rings. The molecule has 2 rings (SSSR count). The van der Waals surface area contributed by atoms with Crippen LogP contribution in [-0.2, 0) is 0 Å². The number of alkyl halides is 3. The molecule has 1 aliphatic carbocycles. The lowest BCUT2D eigenvalue weighted by Crippen LogP contribution is -2.40. The van der Waals surface area contributed by atoms with Crippen LogP contribution in [-0.4, -0.2) is 34.7 Å². The summed E-state index contributed by atoms with van der Waals surface area (Å²) in [4.78, 5) is 12.8. The van der Waals surface area contributed by atoms with E-state index in [4.69, 9.17) is 5.73 Å². The van der Waals surface area contributed by atoms with Crippen LogP contribution in [0.25, 0.3) is 0 Å². The van der Waals surface area contributed by atoms with Gasteiger partial charge >= 0.3 is 6.18 Å². The Labute approximate surface area is 107 Å². The SMILES string of the molecule is Nc1ccc(C(=O)N(CC(F)(F)F)C2CC2)cc1O. The molecule has 0 atom stereocenters. The van der Waals surface area contributed by atoms with Gasteiger partial charge in [0.05, 0.1) is 5.69 Å². The Kier molecular flexibility index (Phi) is 3.30. The number of benzene rings is 1. The van der Waals surface area contributed by atoms with Crippen LogP contribution in [0.2, 0.25) is 0 Å². The maximum Gasteiger partial charge on any atom is 0.406 e. The van der Waals surface area contributed by atoms with Crippen LogP contribution in [0.3, 0.4) is 0 Å². The van der Waals surface area contributed by atoms with Crippen molar-refractivity contribution in [1.82, 2.24) is 4.90 Å². The second kappa shape index (κ2) is 4.64. The predicted octanol–water partition coefficient (Wildman–Crippen LogP) is 2.14. The van der Waals surface area contributed by atoms with Crippen molar-refractivity contribution in [2.45, 2.75) is 25.1 Å². The minimum Gasteiger partial charge on any atom is -0.506 e. The highest BCUT2D eigenvalue weighted by Crippen LogP contribution is 2.32. The molecule has 19 heavy (non-hydrogen) atoms. The van der Waals surface area contributed by atoms with E-state index in [0.29, 0.717) is 12.8 Å². The van der Waals surface area contributed by atoms with E-state index >= 15 is 0 Å². The zero-order valence-electron chi connectivity index (χ0n) is 9.94. The van der Waals surface area contributed by atoms with Gasteiger partial charge in [-0.15, -0.1) is 0 Å². The minimum atomic E-state index is -4.44. The number of phenols is 1. The topological polar surface area (TPSA) is 66.6 Å². The number of carbonyl (C=O) groups excluding carboxylic acids is 1. The van der Waals surface area contributed by atoms with Crippen LogP contribution in [0.4, 0.5) is 18.9 Å². The molecule has 0 unspecified atom stereocenters. The number of nitrogens with two attached hydrogens (primary N) is 1. The van der Waals surface area contributed by atoms with Crippen LogP contribution in [0.5, 0.6) is 5.75 Å². The maximum absolute atomic E-state index is 12.5. The number of amides is 1. The number of anilines is 1. The van der Waals surface area contributed by atoms with Gasteiger partial charge in [-0.3, -0.25) is 4.79 Å². The van der Waals surface area contributed by atoms with E-state index in [1.165, 1.54) is 12.1 Å². The monoisotopic (exact) mass is 274 g/mol. The molecule has 3 N–H and O–H groups in total. The average molecular weight is 274 g/mol. The van der Waals surface area contributed by atoms with Gasteiger partial charge in [-0.2, -0.15) is 13.2 Å². The number of carbonyl (C=O) groups is 1. The van der Waals surface area contributed by atoms with Crippen LogP contribution in [0, 0.1) is 0 Å². The highest BCUT2D eigenvalue weighted by atomic mass is 19.4. The number of hydrogen-bond donors (Lipinski definition) is 2. The van der Waals surface area contributed by atoms with E-state index in [9.17, 15) is 23.1 Å². The van der Waals surface area contributed by atoms with Gasteiger partial charge in [-0.05, 0) is 31.0 Å². The van der Waals surface area contributed by atoms with E-state index in [-0.39, 0.29) is 23.0 Å². The molecular weight excluding hydrogens is 261 g/mol. The largest absolute Gasteiger partial charge is 0.506 e. The number of nitrogen functional groups attached to an aromatic ring is 1. The first kappa shape index (κ1) is 13.5. The summed E-state index contributed by atoms with van der Waals surface area (Å²) in [5, 5.41) is 9.40. The molecular formula is C12H13F3N2O2. The number of aromatic hydroxyl groups is 1. The molecule has 1 aromatic rings. The van der Waals surface area contributed by atoms with E-state index < -0.39 is 18.6 Å². The number of halogens is 3. The molecule has 0 saturated heterocycles. The molecule has 0 aliphatic heterocycles. The summed E-state index contributed by atoms with van der Waals surface area (Å²) in [6, 6.07) is 3.32. The van der Waals surface area contributed by atoms with Crippen molar-refractivity contribution in [1.29, 1.82) is 0 Å². The first-order chi connectivity index (χ1) is 8.78. The summed E-state index contributed by atoms with van der Waals surface area (Å²) in [6.07, 6.45) is -3.29. The molecule has 1 aromatic carbocycles. The van der Waals surface area contributed by atoms with Gasteiger partial charge in [0.2, 0.25) is 0 Å². The van der Waals surface area contributed by atoms with Gasteiger partial charge in [-0.25, -0.2) is 0 Å². The second-order valence-electron chi connectivity index (χ2n) is 4.55. The van der Waals surface area contributed by atoms with E-state index in [2.05, 4.69) is 0 Å². The summed E-state index contributed by atoms with van der Waals surface area (Å²) in [5.74, 6) is -1.05. The van der Waals surface area contributed by atoms with Crippen molar-refractivity contribution in [3.8, 4) is 5.75 Å². The van der Waals surface area contributed by atoms with Gasteiger partial charge in [-0.1, -0.05) is 0 Å². The fourth-order valence-corrected chi connectivity index (χ4v) is 1.79. The molecule has 0 spiro atoms. The maximum atomic E-state index is 12.5. The Morgan fingerprint density at radius 2 is 2.05 bits per heavy atom. The lowest BCUT2D eigenvalue weighted by molar-refractivity contribution is -0.141. The first-order valence-electron chi connectivity index (χ1n) is 5.74. The second-order valence-corrected chi connectivity index (χ2v) is 4.55. The fourth-order valence-electron chi connectivity index (χ4n) is 1.79. The molecule has 104 valence electrons. The summed E-state index contributed by atoms with van der Waals surface area (Å²) in [6.45, 7) is -1.28. The third-order valence-electron chi connectivity index (χ3n) is 2.88. The Morgan fingerprint density at radius 1 is 1.42 bits per heavy atom. The first-order valence-corrected chi connectivity index (χ1v) is 5.74. The van der Waals surface area contributed by atoms with Gasteiger partial charge in [0.1, 0.15) is 12.3 Å². The van der Waals surface area contributed by atoms with Gasteiger partial charge in [0.25, 0.3) is 5.91 Å². The van der Waals surface area contributed by atoms with Crippen LogP contribution >= 0.6 is 0 Å². The van der Waals surface area contributed by atoms with Crippen molar-refractivity contribution >= 4 is 11.6 Å². The zero-order valence-corrected chi connectivity index (χ0v) is 9.94. The number of phenolic OH excluding ortho intramolecular Hbond substituents is 1. The Balaban J connectivity index is 2.21.